The van der Waals surface area contributed by atoms with Gasteiger partial charge in [-0.2, -0.15) is 0 Å². The van der Waals surface area contributed by atoms with E-state index in [1.807, 2.05) is 41.8 Å². The maximum absolute atomic E-state index is 12.4. The molecule has 0 aliphatic heterocycles. The Bertz CT molecular complexity index is 965. The summed E-state index contributed by atoms with van der Waals surface area (Å²) in [6.45, 7) is 0. The number of hydrogen-bond donors (Lipinski definition) is 2. The molecule has 2 N–H and O–H groups in total. The Hall–Kier alpha value is -3.12. The van der Waals surface area contributed by atoms with Crippen molar-refractivity contribution in [3.05, 3.63) is 76.6 Å². The molecule has 1 aromatic carbocycles. The summed E-state index contributed by atoms with van der Waals surface area (Å²) in [4.78, 5) is 20.8. The van der Waals surface area contributed by atoms with Gasteiger partial charge in [0.15, 0.2) is 5.82 Å². The van der Waals surface area contributed by atoms with Gasteiger partial charge in [-0.15, -0.1) is 11.3 Å². The SMILES string of the molecule is O=C(N/C(=C/c1ccco1)c1nc2ccccc2[nH]1)c1cccs1. The van der Waals surface area contributed by atoms with Gasteiger partial charge in [0.2, 0.25) is 0 Å². The fourth-order valence-electron chi connectivity index (χ4n) is 2.35. The smallest absolute Gasteiger partial charge is 0.265 e. The molecule has 6 heteroatoms. The Morgan fingerprint density at radius 1 is 1.17 bits per heavy atom. The minimum atomic E-state index is -0.178. The second kappa shape index (κ2) is 6.17. The van der Waals surface area contributed by atoms with E-state index in [2.05, 4.69) is 15.3 Å². The van der Waals surface area contributed by atoms with Crippen LogP contribution in [0.3, 0.4) is 0 Å². The van der Waals surface area contributed by atoms with E-state index >= 15 is 0 Å². The summed E-state index contributed by atoms with van der Waals surface area (Å²) in [5.41, 5.74) is 2.30. The zero-order valence-corrected chi connectivity index (χ0v) is 13.3. The molecule has 0 atom stereocenters. The number of fused-ring (bicyclic) bond motifs is 1. The lowest BCUT2D eigenvalue weighted by Crippen LogP contribution is -2.21. The van der Waals surface area contributed by atoms with Gasteiger partial charge < -0.3 is 14.7 Å². The van der Waals surface area contributed by atoms with Crippen LogP contribution in [0.25, 0.3) is 22.8 Å². The number of imidazole rings is 1. The van der Waals surface area contributed by atoms with E-state index in [-0.39, 0.29) is 5.91 Å². The minimum absolute atomic E-state index is 0.178. The number of amides is 1. The van der Waals surface area contributed by atoms with Crippen LogP contribution in [0.15, 0.2) is 64.6 Å². The molecule has 0 saturated heterocycles. The van der Waals surface area contributed by atoms with Gasteiger partial charge in [-0.1, -0.05) is 18.2 Å². The van der Waals surface area contributed by atoms with E-state index in [0.717, 1.165) is 11.0 Å². The summed E-state index contributed by atoms with van der Waals surface area (Å²) in [5, 5.41) is 4.78. The largest absolute Gasteiger partial charge is 0.465 e. The first-order chi connectivity index (χ1) is 11.8. The number of aromatic nitrogens is 2. The number of para-hydroxylation sites is 2. The molecule has 4 rings (SSSR count). The van der Waals surface area contributed by atoms with Crippen LogP contribution in [0.4, 0.5) is 0 Å². The average Bonchev–Trinajstić information content (AvgIpc) is 3.34. The molecule has 0 radical (unpaired) electrons. The van der Waals surface area contributed by atoms with Crippen molar-refractivity contribution in [2.75, 3.05) is 0 Å². The molecule has 1 amide bonds. The third-order valence-corrected chi connectivity index (χ3v) is 4.34. The van der Waals surface area contributed by atoms with Gasteiger partial charge in [-0.3, -0.25) is 4.79 Å². The molecule has 0 saturated carbocycles. The first-order valence-electron chi connectivity index (χ1n) is 7.35. The van der Waals surface area contributed by atoms with Crippen LogP contribution in [-0.2, 0) is 0 Å². The third kappa shape index (κ3) is 2.87. The molecular weight excluding hydrogens is 322 g/mol. The monoisotopic (exact) mass is 335 g/mol. The number of aromatic amines is 1. The predicted octanol–water partition coefficient (Wildman–Crippen LogP) is 4.15. The highest BCUT2D eigenvalue weighted by atomic mass is 32.1. The van der Waals surface area contributed by atoms with Gasteiger partial charge in [0, 0.05) is 6.08 Å². The normalized spacial score (nSPS) is 11.8. The molecular formula is C18H13N3O2S. The first-order valence-corrected chi connectivity index (χ1v) is 8.23. The highest BCUT2D eigenvalue weighted by Gasteiger charge is 2.14. The second-order valence-corrected chi connectivity index (χ2v) is 6.06. The highest BCUT2D eigenvalue weighted by Crippen LogP contribution is 2.19. The van der Waals surface area contributed by atoms with Gasteiger partial charge in [0.05, 0.1) is 27.9 Å². The number of rotatable bonds is 4. The molecule has 4 aromatic rings. The van der Waals surface area contributed by atoms with Crippen LogP contribution in [0, 0.1) is 0 Å². The molecule has 0 aliphatic rings. The Kier molecular flexibility index (Phi) is 3.72. The molecule has 0 fully saturated rings. The molecule has 3 heterocycles. The van der Waals surface area contributed by atoms with Crippen molar-refractivity contribution >= 4 is 40.1 Å². The lowest BCUT2D eigenvalue weighted by atomic mass is 10.3. The fraction of sp³-hybridized carbons (Fsp3) is 0. The summed E-state index contributed by atoms with van der Waals surface area (Å²) in [6.07, 6.45) is 3.34. The summed E-state index contributed by atoms with van der Waals surface area (Å²) in [7, 11) is 0. The Labute approximate surface area is 141 Å². The second-order valence-electron chi connectivity index (χ2n) is 5.11. The van der Waals surface area contributed by atoms with Gasteiger partial charge in [0.1, 0.15) is 5.76 Å². The highest BCUT2D eigenvalue weighted by molar-refractivity contribution is 7.12. The van der Waals surface area contributed by atoms with Crippen LogP contribution < -0.4 is 5.32 Å². The number of nitrogens with one attached hydrogen (secondary N) is 2. The van der Waals surface area contributed by atoms with Gasteiger partial charge in [-0.25, -0.2) is 4.98 Å². The molecule has 0 spiro atoms. The zero-order chi connectivity index (χ0) is 16.4. The average molecular weight is 335 g/mol. The van der Waals surface area contributed by atoms with E-state index in [9.17, 15) is 4.79 Å². The Morgan fingerprint density at radius 2 is 2.08 bits per heavy atom. The summed E-state index contributed by atoms with van der Waals surface area (Å²) in [6, 6.07) is 15.0. The van der Waals surface area contributed by atoms with Crippen LogP contribution in [0.5, 0.6) is 0 Å². The van der Waals surface area contributed by atoms with Crippen molar-refractivity contribution < 1.29 is 9.21 Å². The molecule has 0 bridgehead atoms. The van der Waals surface area contributed by atoms with E-state index in [0.29, 0.717) is 22.2 Å². The standard InChI is InChI=1S/C18H13N3O2S/c22-18(16-8-4-10-24-16)21-15(11-12-5-3-9-23-12)17-19-13-6-1-2-7-14(13)20-17/h1-11H,(H,19,20)(H,21,22)/b15-11+. The lowest BCUT2D eigenvalue weighted by Gasteiger charge is -2.06. The number of carbonyl (C=O) groups is 1. The van der Waals surface area contributed by atoms with E-state index < -0.39 is 0 Å². The quantitative estimate of drug-likeness (QED) is 0.588. The van der Waals surface area contributed by atoms with Crippen LogP contribution in [-0.4, -0.2) is 15.9 Å². The number of benzene rings is 1. The number of nitrogens with zero attached hydrogens (tertiary/aromatic N) is 1. The molecule has 3 aromatic heterocycles. The molecule has 0 unspecified atom stereocenters. The topological polar surface area (TPSA) is 70.9 Å². The molecule has 5 nitrogen and oxygen atoms in total. The molecule has 0 aliphatic carbocycles. The number of thiophene rings is 1. The third-order valence-electron chi connectivity index (χ3n) is 3.47. The summed E-state index contributed by atoms with van der Waals surface area (Å²) in [5.74, 6) is 1.04. The van der Waals surface area contributed by atoms with Crippen molar-refractivity contribution in [3.63, 3.8) is 0 Å². The Morgan fingerprint density at radius 3 is 2.83 bits per heavy atom. The molecule has 118 valence electrons. The van der Waals surface area contributed by atoms with E-state index in [1.54, 1.807) is 24.5 Å². The summed E-state index contributed by atoms with van der Waals surface area (Å²) >= 11 is 1.39. The van der Waals surface area contributed by atoms with Gasteiger partial charge >= 0.3 is 0 Å². The Balaban J connectivity index is 1.74. The van der Waals surface area contributed by atoms with E-state index in [4.69, 9.17) is 4.42 Å². The first kappa shape index (κ1) is 14.5. The van der Waals surface area contributed by atoms with Crippen molar-refractivity contribution in [2.45, 2.75) is 0 Å². The minimum Gasteiger partial charge on any atom is -0.465 e. The lowest BCUT2D eigenvalue weighted by molar-refractivity contribution is 0.0977. The predicted molar refractivity (Wildman–Crippen MR) is 94.5 cm³/mol. The summed E-state index contributed by atoms with van der Waals surface area (Å²) < 4.78 is 5.37. The van der Waals surface area contributed by atoms with Crippen molar-refractivity contribution in [2.24, 2.45) is 0 Å². The zero-order valence-electron chi connectivity index (χ0n) is 12.5. The molecule has 24 heavy (non-hydrogen) atoms. The van der Waals surface area contributed by atoms with Gasteiger partial charge in [-0.05, 0) is 35.7 Å². The number of H-pyrrole nitrogens is 1. The maximum atomic E-state index is 12.4. The maximum Gasteiger partial charge on any atom is 0.265 e. The van der Waals surface area contributed by atoms with Crippen LogP contribution >= 0.6 is 11.3 Å². The number of furan rings is 1. The van der Waals surface area contributed by atoms with E-state index in [1.165, 1.54) is 11.3 Å². The number of hydrogen-bond acceptors (Lipinski definition) is 4. The van der Waals surface area contributed by atoms with Crippen molar-refractivity contribution in [1.82, 2.24) is 15.3 Å². The van der Waals surface area contributed by atoms with Crippen LogP contribution in [0.1, 0.15) is 21.3 Å². The van der Waals surface area contributed by atoms with Crippen molar-refractivity contribution in [3.8, 4) is 0 Å². The number of carbonyl (C=O) groups excluding carboxylic acids is 1. The van der Waals surface area contributed by atoms with Gasteiger partial charge in [0.25, 0.3) is 5.91 Å². The fourth-order valence-corrected chi connectivity index (χ4v) is 2.97. The van der Waals surface area contributed by atoms with Crippen molar-refractivity contribution in [1.29, 1.82) is 0 Å². The van der Waals surface area contributed by atoms with Crippen LogP contribution in [0.2, 0.25) is 0 Å².